The van der Waals surface area contributed by atoms with Gasteiger partial charge in [-0.25, -0.2) is 0 Å². The summed E-state index contributed by atoms with van der Waals surface area (Å²) in [6.07, 6.45) is 3.29. The number of nitrogens with one attached hydrogen (secondary N) is 3. The summed E-state index contributed by atoms with van der Waals surface area (Å²) < 4.78 is 7.89. The van der Waals surface area contributed by atoms with Crippen LogP contribution in [0.5, 0.6) is 0 Å². The van der Waals surface area contributed by atoms with Gasteiger partial charge in [-0.05, 0) is 81.6 Å². The predicted molar refractivity (Wildman–Crippen MR) is 159 cm³/mol. The number of carbonyl (C=O) groups is 1. The topological polar surface area (TPSA) is 90.9 Å². The van der Waals surface area contributed by atoms with E-state index in [9.17, 15) is 9.59 Å². The molecule has 0 aromatic carbocycles. The highest BCUT2D eigenvalue weighted by Crippen LogP contribution is 2.36. The van der Waals surface area contributed by atoms with E-state index >= 15 is 0 Å². The van der Waals surface area contributed by atoms with Crippen molar-refractivity contribution in [2.24, 2.45) is 0 Å². The van der Waals surface area contributed by atoms with Crippen LogP contribution in [0.4, 0.5) is 0 Å². The van der Waals surface area contributed by atoms with Crippen molar-refractivity contribution in [3.63, 3.8) is 0 Å². The minimum Gasteiger partial charge on any atom is -0.379 e. The summed E-state index contributed by atoms with van der Waals surface area (Å²) >= 11 is 1.86. The van der Waals surface area contributed by atoms with Crippen molar-refractivity contribution in [2.75, 3.05) is 32.8 Å². The zero-order chi connectivity index (χ0) is 28.0. The van der Waals surface area contributed by atoms with Crippen molar-refractivity contribution in [1.29, 1.82) is 0 Å². The third-order valence-corrected chi connectivity index (χ3v) is 9.61. The molecule has 210 valence electrons. The van der Waals surface area contributed by atoms with E-state index in [1.165, 1.54) is 20.9 Å². The zero-order valence-corrected chi connectivity index (χ0v) is 24.5. The Morgan fingerprint density at radius 1 is 1.15 bits per heavy atom. The molecule has 1 amide bonds. The molecule has 4 aromatic heterocycles. The van der Waals surface area contributed by atoms with Crippen LogP contribution in [0, 0.1) is 20.8 Å². The number of hydrogen-bond acceptors (Lipinski definition) is 6. The van der Waals surface area contributed by atoms with Crippen LogP contribution in [0.3, 0.4) is 0 Å². The Balaban J connectivity index is 1.40. The fourth-order valence-corrected chi connectivity index (χ4v) is 7.32. The number of aryl methyl sites for hydroxylation is 2. The van der Waals surface area contributed by atoms with Crippen LogP contribution in [0.1, 0.15) is 61.8 Å². The van der Waals surface area contributed by atoms with Gasteiger partial charge >= 0.3 is 0 Å². The van der Waals surface area contributed by atoms with Gasteiger partial charge in [0.25, 0.3) is 11.5 Å². The van der Waals surface area contributed by atoms with Gasteiger partial charge in [0.1, 0.15) is 0 Å². The molecule has 0 aliphatic carbocycles. The van der Waals surface area contributed by atoms with Crippen LogP contribution >= 0.6 is 11.3 Å². The standard InChI is InChI=1S/C31H37N5O3S/c1-18-11-19(2)34-31(38)26(18)15-33-30(37)25-14-24-12-23(27-13-22-5-6-32-16-28(22)40-27)17-36(24)29(20(25)3)21(4)35-7-9-39-10-8-35/h11-14,17,21,32H,5-10,15-16H2,1-4H3,(H,33,37)(H,34,38). The van der Waals surface area contributed by atoms with Gasteiger partial charge in [-0.15, -0.1) is 11.3 Å². The highest BCUT2D eigenvalue weighted by molar-refractivity contribution is 7.15. The van der Waals surface area contributed by atoms with Crippen molar-refractivity contribution < 1.29 is 9.53 Å². The molecule has 0 radical (unpaired) electrons. The van der Waals surface area contributed by atoms with Gasteiger partial charge in [-0.2, -0.15) is 0 Å². The number of carbonyl (C=O) groups excluding carboxylic acids is 1. The quantitative estimate of drug-likeness (QED) is 0.329. The molecule has 2 aliphatic rings. The molecule has 1 fully saturated rings. The van der Waals surface area contributed by atoms with Crippen molar-refractivity contribution in [2.45, 2.75) is 53.2 Å². The molecule has 6 rings (SSSR count). The molecule has 1 saturated heterocycles. The van der Waals surface area contributed by atoms with E-state index in [4.69, 9.17) is 4.74 Å². The van der Waals surface area contributed by atoms with Crippen LogP contribution in [-0.2, 0) is 24.2 Å². The Morgan fingerprint density at radius 2 is 1.95 bits per heavy atom. The Bertz CT molecular complexity index is 1620. The van der Waals surface area contributed by atoms with Crippen LogP contribution in [0.15, 0.2) is 35.3 Å². The summed E-state index contributed by atoms with van der Waals surface area (Å²) in [6.45, 7) is 13.3. The van der Waals surface area contributed by atoms with Gasteiger partial charge in [0.15, 0.2) is 0 Å². The summed E-state index contributed by atoms with van der Waals surface area (Å²) in [7, 11) is 0. The number of thiophene rings is 1. The second-order valence-corrected chi connectivity index (χ2v) is 12.2. The number of hydrogen-bond donors (Lipinski definition) is 3. The molecule has 0 saturated carbocycles. The lowest BCUT2D eigenvalue weighted by molar-refractivity contribution is 0.0187. The van der Waals surface area contributed by atoms with Crippen molar-refractivity contribution >= 4 is 22.8 Å². The Kier molecular flexibility index (Phi) is 7.39. The first kappa shape index (κ1) is 27.0. The first-order chi connectivity index (χ1) is 19.3. The number of aromatic amines is 1. The molecule has 1 atom stereocenters. The molecular weight excluding hydrogens is 522 g/mol. The van der Waals surface area contributed by atoms with Crippen molar-refractivity contribution in [1.82, 2.24) is 24.9 Å². The number of morpholine rings is 1. The normalized spacial score (nSPS) is 16.7. The summed E-state index contributed by atoms with van der Waals surface area (Å²) in [5.74, 6) is -0.171. The molecule has 1 unspecified atom stereocenters. The van der Waals surface area contributed by atoms with Gasteiger partial charge < -0.3 is 24.8 Å². The number of aromatic nitrogens is 2. The number of H-pyrrole nitrogens is 1. The molecule has 4 aromatic rings. The number of fused-ring (bicyclic) bond motifs is 2. The molecule has 40 heavy (non-hydrogen) atoms. The average Bonchev–Trinajstić information content (AvgIpc) is 3.56. The Hall–Kier alpha value is -3.24. The summed E-state index contributed by atoms with van der Waals surface area (Å²) in [5, 5.41) is 6.51. The Labute approximate surface area is 238 Å². The first-order valence-corrected chi connectivity index (χ1v) is 14.9. The van der Waals surface area contributed by atoms with Gasteiger partial charge in [-0.1, -0.05) is 0 Å². The summed E-state index contributed by atoms with van der Waals surface area (Å²) in [5.41, 5.74) is 8.43. The van der Waals surface area contributed by atoms with E-state index in [0.717, 1.165) is 60.6 Å². The molecule has 9 heteroatoms. The molecule has 3 N–H and O–H groups in total. The van der Waals surface area contributed by atoms with Crippen LogP contribution in [0.25, 0.3) is 16.0 Å². The maximum atomic E-state index is 13.7. The van der Waals surface area contributed by atoms with E-state index in [1.54, 1.807) is 0 Å². The maximum absolute atomic E-state index is 13.7. The third-order valence-electron chi connectivity index (χ3n) is 8.38. The van der Waals surface area contributed by atoms with Crippen molar-refractivity contribution in [3.05, 3.63) is 84.9 Å². The van der Waals surface area contributed by atoms with Crippen LogP contribution in [0.2, 0.25) is 0 Å². The second kappa shape index (κ2) is 11.0. The first-order valence-electron chi connectivity index (χ1n) is 14.1. The molecule has 8 nitrogen and oxygen atoms in total. The number of amides is 1. The molecule has 2 aliphatic heterocycles. The molecule has 6 heterocycles. The smallest absolute Gasteiger partial charge is 0.253 e. The SMILES string of the molecule is Cc1cc(C)c(CNC(=O)c2cc3cc(-c4cc5c(s4)CNCC5)cn3c(C(C)N3CCOCC3)c2C)c(=O)[nH]1. The van der Waals surface area contributed by atoms with E-state index in [1.807, 2.05) is 44.2 Å². The lowest BCUT2D eigenvalue weighted by Crippen LogP contribution is -2.39. The number of rotatable bonds is 6. The largest absolute Gasteiger partial charge is 0.379 e. The highest BCUT2D eigenvalue weighted by atomic mass is 32.1. The fraction of sp³-hybridized carbons (Fsp3) is 0.419. The van der Waals surface area contributed by atoms with E-state index in [0.29, 0.717) is 24.3 Å². The minimum atomic E-state index is -0.171. The highest BCUT2D eigenvalue weighted by Gasteiger charge is 2.26. The van der Waals surface area contributed by atoms with Gasteiger partial charge in [0.2, 0.25) is 0 Å². The number of pyridine rings is 2. The maximum Gasteiger partial charge on any atom is 0.253 e. The molecular formula is C31H37N5O3S. The van der Waals surface area contributed by atoms with Crippen LogP contribution < -0.4 is 16.2 Å². The second-order valence-electron chi connectivity index (χ2n) is 11.0. The van der Waals surface area contributed by atoms with E-state index in [2.05, 4.69) is 50.2 Å². The van der Waals surface area contributed by atoms with Crippen molar-refractivity contribution in [3.8, 4) is 10.4 Å². The van der Waals surface area contributed by atoms with Gasteiger partial charge in [0.05, 0.1) is 13.2 Å². The Morgan fingerprint density at radius 3 is 2.70 bits per heavy atom. The zero-order valence-electron chi connectivity index (χ0n) is 23.6. The minimum absolute atomic E-state index is 0.0994. The van der Waals surface area contributed by atoms with Gasteiger partial charge in [-0.3, -0.25) is 14.5 Å². The third kappa shape index (κ3) is 5.03. The summed E-state index contributed by atoms with van der Waals surface area (Å²) in [4.78, 5) is 34.2. The van der Waals surface area contributed by atoms with Gasteiger partial charge in [0, 0.05) is 81.8 Å². The van der Waals surface area contributed by atoms with Crippen LogP contribution in [-0.4, -0.2) is 53.0 Å². The fourth-order valence-electron chi connectivity index (χ4n) is 6.16. The lowest BCUT2D eigenvalue weighted by Gasteiger charge is -2.34. The summed E-state index contributed by atoms with van der Waals surface area (Å²) in [6, 6.07) is 8.56. The molecule has 0 bridgehead atoms. The molecule has 0 spiro atoms. The van der Waals surface area contributed by atoms with E-state index < -0.39 is 0 Å². The monoisotopic (exact) mass is 559 g/mol. The predicted octanol–water partition coefficient (Wildman–Crippen LogP) is 4.25. The lowest BCUT2D eigenvalue weighted by atomic mass is 10.0. The average molecular weight is 560 g/mol. The van der Waals surface area contributed by atoms with E-state index in [-0.39, 0.29) is 24.1 Å². The number of ether oxygens (including phenoxy) is 1. The number of nitrogens with zero attached hydrogens (tertiary/aromatic N) is 2.